The summed E-state index contributed by atoms with van der Waals surface area (Å²) in [5.74, 6) is 0.0623. The number of nitrogens with two attached hydrogens (primary N) is 1. The predicted molar refractivity (Wildman–Crippen MR) is 79.6 cm³/mol. The highest BCUT2D eigenvalue weighted by atomic mass is 16.2. The van der Waals surface area contributed by atoms with Crippen molar-refractivity contribution in [2.24, 2.45) is 5.73 Å². The first-order valence-corrected chi connectivity index (χ1v) is 7.16. The zero-order valence-corrected chi connectivity index (χ0v) is 12.3. The van der Waals surface area contributed by atoms with E-state index in [-0.39, 0.29) is 18.0 Å². The number of rotatable bonds is 7. The topological polar surface area (TPSA) is 46.3 Å². The van der Waals surface area contributed by atoms with Gasteiger partial charge in [-0.2, -0.15) is 0 Å². The standard InChI is InChI=1S/C16H26N2O/c1-4-5-11-15(17)16(19)18(13(2)3)12-14-9-7-6-8-10-14/h6-10,13,15H,4-5,11-12,17H2,1-3H3/t15-/m0/s1. The summed E-state index contributed by atoms with van der Waals surface area (Å²) in [6.45, 7) is 6.82. The van der Waals surface area contributed by atoms with Gasteiger partial charge < -0.3 is 10.6 Å². The van der Waals surface area contributed by atoms with E-state index in [1.54, 1.807) is 0 Å². The summed E-state index contributed by atoms with van der Waals surface area (Å²) in [5, 5.41) is 0. The number of hydrogen-bond acceptors (Lipinski definition) is 2. The van der Waals surface area contributed by atoms with E-state index in [0.29, 0.717) is 6.54 Å². The summed E-state index contributed by atoms with van der Waals surface area (Å²) in [6, 6.07) is 9.86. The van der Waals surface area contributed by atoms with E-state index in [0.717, 1.165) is 24.8 Å². The van der Waals surface area contributed by atoms with Crippen LogP contribution in [0.4, 0.5) is 0 Å². The van der Waals surface area contributed by atoms with Crippen LogP contribution in [-0.2, 0) is 11.3 Å². The lowest BCUT2D eigenvalue weighted by Gasteiger charge is -2.29. The summed E-state index contributed by atoms with van der Waals surface area (Å²) in [7, 11) is 0. The molecule has 1 aromatic rings. The molecule has 0 unspecified atom stereocenters. The van der Waals surface area contributed by atoms with Crippen molar-refractivity contribution in [3.05, 3.63) is 35.9 Å². The molecule has 0 saturated heterocycles. The minimum Gasteiger partial charge on any atom is -0.335 e. The largest absolute Gasteiger partial charge is 0.335 e. The van der Waals surface area contributed by atoms with Crippen LogP contribution in [0.3, 0.4) is 0 Å². The number of carbonyl (C=O) groups is 1. The summed E-state index contributed by atoms with van der Waals surface area (Å²) in [5.41, 5.74) is 7.15. The Labute approximate surface area is 116 Å². The average Bonchev–Trinajstić information content (AvgIpc) is 2.42. The van der Waals surface area contributed by atoms with Gasteiger partial charge in [-0.3, -0.25) is 4.79 Å². The molecule has 0 aliphatic carbocycles. The van der Waals surface area contributed by atoms with E-state index in [1.807, 2.05) is 49.1 Å². The van der Waals surface area contributed by atoms with Gasteiger partial charge in [-0.15, -0.1) is 0 Å². The molecule has 0 aliphatic rings. The highest BCUT2D eigenvalue weighted by Gasteiger charge is 2.22. The SMILES string of the molecule is CCCC[C@H](N)C(=O)N(Cc1ccccc1)C(C)C. The fraction of sp³-hybridized carbons (Fsp3) is 0.562. The van der Waals surface area contributed by atoms with E-state index in [4.69, 9.17) is 5.73 Å². The third kappa shape index (κ3) is 5.03. The van der Waals surface area contributed by atoms with Crippen molar-refractivity contribution in [2.45, 2.75) is 58.7 Å². The molecule has 3 nitrogen and oxygen atoms in total. The van der Waals surface area contributed by atoms with Crippen LogP contribution in [0.5, 0.6) is 0 Å². The smallest absolute Gasteiger partial charge is 0.240 e. The molecule has 19 heavy (non-hydrogen) atoms. The fourth-order valence-electron chi connectivity index (χ4n) is 2.06. The van der Waals surface area contributed by atoms with Crippen LogP contribution in [0.1, 0.15) is 45.6 Å². The molecule has 0 spiro atoms. The molecule has 3 heteroatoms. The van der Waals surface area contributed by atoms with E-state index < -0.39 is 0 Å². The zero-order chi connectivity index (χ0) is 14.3. The molecule has 2 N–H and O–H groups in total. The van der Waals surface area contributed by atoms with Crippen molar-refractivity contribution >= 4 is 5.91 Å². The lowest BCUT2D eigenvalue weighted by atomic mass is 10.1. The molecule has 0 aromatic heterocycles. The van der Waals surface area contributed by atoms with Crippen LogP contribution in [0, 0.1) is 0 Å². The third-order valence-electron chi connectivity index (χ3n) is 3.29. The lowest BCUT2D eigenvalue weighted by molar-refractivity contribution is -0.135. The number of benzene rings is 1. The number of nitrogens with zero attached hydrogens (tertiary/aromatic N) is 1. The van der Waals surface area contributed by atoms with Gasteiger partial charge in [-0.25, -0.2) is 0 Å². The number of carbonyl (C=O) groups excluding carboxylic acids is 1. The molecule has 0 aliphatic heterocycles. The summed E-state index contributed by atoms with van der Waals surface area (Å²) >= 11 is 0. The van der Waals surface area contributed by atoms with Crippen LogP contribution in [0.25, 0.3) is 0 Å². The predicted octanol–water partition coefficient (Wildman–Crippen LogP) is 2.94. The highest BCUT2D eigenvalue weighted by molar-refractivity contribution is 5.81. The molecule has 0 heterocycles. The molecule has 0 radical (unpaired) electrons. The van der Waals surface area contributed by atoms with Gasteiger partial charge in [0.05, 0.1) is 6.04 Å². The summed E-state index contributed by atoms with van der Waals surface area (Å²) < 4.78 is 0. The van der Waals surface area contributed by atoms with Crippen molar-refractivity contribution in [3.8, 4) is 0 Å². The molecule has 0 saturated carbocycles. The van der Waals surface area contributed by atoms with Gasteiger partial charge in [0.1, 0.15) is 0 Å². The first-order valence-electron chi connectivity index (χ1n) is 7.16. The molecule has 1 rings (SSSR count). The second-order valence-corrected chi connectivity index (χ2v) is 5.29. The van der Waals surface area contributed by atoms with E-state index in [9.17, 15) is 4.79 Å². The van der Waals surface area contributed by atoms with Gasteiger partial charge in [0.2, 0.25) is 5.91 Å². The monoisotopic (exact) mass is 262 g/mol. The lowest BCUT2D eigenvalue weighted by Crippen LogP contribution is -2.46. The fourth-order valence-corrected chi connectivity index (χ4v) is 2.06. The van der Waals surface area contributed by atoms with Gasteiger partial charge in [-0.05, 0) is 25.8 Å². The van der Waals surface area contributed by atoms with E-state index >= 15 is 0 Å². The second-order valence-electron chi connectivity index (χ2n) is 5.29. The van der Waals surface area contributed by atoms with Crippen LogP contribution in [0.2, 0.25) is 0 Å². The molecular formula is C16H26N2O. The Balaban J connectivity index is 2.69. The average molecular weight is 262 g/mol. The Kier molecular flexibility index (Phi) is 6.57. The van der Waals surface area contributed by atoms with Crippen LogP contribution in [-0.4, -0.2) is 22.9 Å². The van der Waals surface area contributed by atoms with E-state index in [1.165, 1.54) is 0 Å². The van der Waals surface area contributed by atoms with Crippen molar-refractivity contribution < 1.29 is 4.79 Å². The zero-order valence-electron chi connectivity index (χ0n) is 12.3. The Morgan fingerprint density at radius 2 is 1.89 bits per heavy atom. The molecule has 0 bridgehead atoms. The minimum absolute atomic E-state index is 0.0623. The maximum atomic E-state index is 12.4. The number of amides is 1. The van der Waals surface area contributed by atoms with Crippen molar-refractivity contribution in [3.63, 3.8) is 0 Å². The van der Waals surface area contributed by atoms with Crippen LogP contribution < -0.4 is 5.73 Å². The summed E-state index contributed by atoms with van der Waals surface area (Å²) in [4.78, 5) is 14.3. The van der Waals surface area contributed by atoms with E-state index in [2.05, 4.69) is 6.92 Å². The molecule has 0 fully saturated rings. The Bertz CT molecular complexity index is 376. The van der Waals surface area contributed by atoms with Crippen molar-refractivity contribution in [2.75, 3.05) is 0 Å². The normalized spacial score (nSPS) is 12.5. The number of hydrogen-bond donors (Lipinski definition) is 1. The van der Waals surface area contributed by atoms with Gasteiger partial charge in [-0.1, -0.05) is 50.1 Å². The Morgan fingerprint density at radius 1 is 1.26 bits per heavy atom. The molecule has 1 amide bonds. The Morgan fingerprint density at radius 3 is 2.42 bits per heavy atom. The first-order chi connectivity index (χ1) is 9.06. The molecule has 1 atom stereocenters. The van der Waals surface area contributed by atoms with Crippen molar-refractivity contribution in [1.29, 1.82) is 0 Å². The van der Waals surface area contributed by atoms with Crippen molar-refractivity contribution in [1.82, 2.24) is 4.90 Å². The summed E-state index contributed by atoms with van der Waals surface area (Å²) in [6.07, 6.45) is 2.85. The van der Waals surface area contributed by atoms with Crippen LogP contribution >= 0.6 is 0 Å². The number of unbranched alkanes of at least 4 members (excludes halogenated alkanes) is 1. The minimum atomic E-state index is -0.369. The first kappa shape index (κ1) is 15.7. The van der Waals surface area contributed by atoms with Gasteiger partial charge in [0.25, 0.3) is 0 Å². The van der Waals surface area contributed by atoms with Gasteiger partial charge in [0, 0.05) is 12.6 Å². The maximum Gasteiger partial charge on any atom is 0.240 e. The van der Waals surface area contributed by atoms with Gasteiger partial charge in [0.15, 0.2) is 0 Å². The quantitative estimate of drug-likeness (QED) is 0.821. The molecular weight excluding hydrogens is 236 g/mol. The highest BCUT2D eigenvalue weighted by Crippen LogP contribution is 2.11. The molecule has 106 valence electrons. The second kappa shape index (κ2) is 7.95. The van der Waals surface area contributed by atoms with Gasteiger partial charge >= 0.3 is 0 Å². The maximum absolute atomic E-state index is 12.4. The van der Waals surface area contributed by atoms with Crippen LogP contribution in [0.15, 0.2) is 30.3 Å². The molecule has 1 aromatic carbocycles. The third-order valence-corrected chi connectivity index (χ3v) is 3.29. The Hall–Kier alpha value is -1.35.